The summed E-state index contributed by atoms with van der Waals surface area (Å²) in [4.78, 5) is 14.6. The predicted octanol–water partition coefficient (Wildman–Crippen LogP) is 3.33. The van der Waals surface area contributed by atoms with Crippen molar-refractivity contribution < 1.29 is 14.3 Å². The Hall–Kier alpha value is -3.32. The van der Waals surface area contributed by atoms with Crippen molar-refractivity contribution >= 4 is 11.7 Å². The lowest BCUT2D eigenvalue weighted by molar-refractivity contribution is -0.117. The standard InChI is InChI=1S/C23H26N4O3/c1-16-4-7-19(8-5-16)27-22(12-17(2)25-27)24-23(28)15-26(3)14-18-6-9-20-21(13-18)30-11-10-29-20/h4-9,12-13H,10-11,14-15H2,1-3H3,(H,24,28). The molecule has 1 aliphatic heterocycles. The van der Waals surface area contributed by atoms with Crippen LogP contribution in [0.1, 0.15) is 16.8 Å². The van der Waals surface area contributed by atoms with Crippen molar-refractivity contribution in [2.45, 2.75) is 20.4 Å². The molecule has 1 amide bonds. The van der Waals surface area contributed by atoms with Crippen molar-refractivity contribution in [1.82, 2.24) is 14.7 Å². The molecule has 156 valence electrons. The molecule has 4 rings (SSSR count). The highest BCUT2D eigenvalue weighted by Crippen LogP contribution is 2.31. The second-order valence-corrected chi connectivity index (χ2v) is 7.62. The quantitative estimate of drug-likeness (QED) is 0.680. The van der Waals surface area contributed by atoms with Gasteiger partial charge in [-0.05, 0) is 50.7 Å². The van der Waals surface area contributed by atoms with Crippen LogP contribution in [0.4, 0.5) is 5.82 Å². The number of fused-ring (bicyclic) bond motifs is 1. The summed E-state index contributed by atoms with van der Waals surface area (Å²) in [6.07, 6.45) is 0. The number of likely N-dealkylation sites (N-methyl/N-ethyl adjacent to an activating group) is 1. The Morgan fingerprint density at radius 2 is 1.80 bits per heavy atom. The fraction of sp³-hybridized carbons (Fsp3) is 0.304. The van der Waals surface area contributed by atoms with Crippen LogP contribution in [0.3, 0.4) is 0 Å². The molecule has 0 bridgehead atoms. The Morgan fingerprint density at radius 1 is 1.07 bits per heavy atom. The molecule has 0 saturated heterocycles. The molecule has 0 spiro atoms. The number of benzene rings is 2. The summed E-state index contributed by atoms with van der Waals surface area (Å²) < 4.78 is 13.0. The first-order valence-corrected chi connectivity index (χ1v) is 9.98. The van der Waals surface area contributed by atoms with E-state index in [1.807, 2.05) is 74.3 Å². The van der Waals surface area contributed by atoms with Crippen molar-refractivity contribution in [2.75, 3.05) is 32.1 Å². The Kier molecular flexibility index (Phi) is 5.72. The van der Waals surface area contributed by atoms with Gasteiger partial charge in [-0.15, -0.1) is 0 Å². The van der Waals surface area contributed by atoms with Crippen LogP contribution in [0.25, 0.3) is 5.69 Å². The number of carbonyl (C=O) groups excluding carboxylic acids is 1. The topological polar surface area (TPSA) is 68.6 Å². The minimum atomic E-state index is -0.0942. The van der Waals surface area contributed by atoms with Crippen molar-refractivity contribution in [3.8, 4) is 17.2 Å². The number of hydrogen-bond acceptors (Lipinski definition) is 5. The van der Waals surface area contributed by atoms with Crippen LogP contribution in [-0.4, -0.2) is 47.4 Å². The Bertz CT molecular complexity index is 1040. The SMILES string of the molecule is Cc1ccc(-n2nc(C)cc2NC(=O)CN(C)Cc2ccc3c(c2)OCCO3)cc1. The molecule has 1 aliphatic rings. The van der Waals surface area contributed by atoms with Gasteiger partial charge < -0.3 is 14.8 Å². The summed E-state index contributed by atoms with van der Waals surface area (Å²) in [7, 11) is 1.92. The van der Waals surface area contributed by atoms with Gasteiger partial charge in [-0.25, -0.2) is 4.68 Å². The predicted molar refractivity (Wildman–Crippen MR) is 115 cm³/mol. The lowest BCUT2D eigenvalue weighted by Gasteiger charge is -2.21. The van der Waals surface area contributed by atoms with Gasteiger partial charge in [0.05, 0.1) is 17.9 Å². The second-order valence-electron chi connectivity index (χ2n) is 7.62. The molecule has 2 heterocycles. The van der Waals surface area contributed by atoms with Crippen LogP contribution < -0.4 is 14.8 Å². The van der Waals surface area contributed by atoms with Crippen LogP contribution in [-0.2, 0) is 11.3 Å². The Labute approximate surface area is 176 Å². The number of ether oxygens (including phenoxy) is 2. The number of nitrogens with one attached hydrogen (secondary N) is 1. The van der Waals surface area contributed by atoms with Gasteiger partial charge in [-0.1, -0.05) is 23.8 Å². The molecule has 30 heavy (non-hydrogen) atoms. The highest BCUT2D eigenvalue weighted by atomic mass is 16.6. The normalized spacial score (nSPS) is 12.8. The van der Waals surface area contributed by atoms with Crippen LogP contribution >= 0.6 is 0 Å². The highest BCUT2D eigenvalue weighted by molar-refractivity contribution is 5.91. The average Bonchev–Trinajstić information content (AvgIpc) is 3.08. The molecule has 2 aromatic carbocycles. The molecule has 0 aliphatic carbocycles. The van der Waals surface area contributed by atoms with Crippen molar-refractivity contribution in [1.29, 1.82) is 0 Å². The zero-order valence-electron chi connectivity index (χ0n) is 17.5. The minimum Gasteiger partial charge on any atom is -0.486 e. The number of anilines is 1. The fourth-order valence-corrected chi connectivity index (χ4v) is 3.45. The van der Waals surface area contributed by atoms with Gasteiger partial charge in [0, 0.05) is 12.6 Å². The van der Waals surface area contributed by atoms with Gasteiger partial charge >= 0.3 is 0 Å². The smallest absolute Gasteiger partial charge is 0.239 e. The lowest BCUT2D eigenvalue weighted by Crippen LogP contribution is -2.30. The van der Waals surface area contributed by atoms with E-state index in [2.05, 4.69) is 10.4 Å². The molecule has 0 atom stereocenters. The number of aryl methyl sites for hydroxylation is 2. The van der Waals surface area contributed by atoms with Gasteiger partial charge in [-0.2, -0.15) is 5.10 Å². The lowest BCUT2D eigenvalue weighted by atomic mass is 10.2. The maximum absolute atomic E-state index is 12.7. The minimum absolute atomic E-state index is 0.0942. The number of carbonyl (C=O) groups is 1. The third-order valence-corrected chi connectivity index (χ3v) is 4.85. The molecule has 0 unspecified atom stereocenters. The zero-order chi connectivity index (χ0) is 21.1. The molecule has 7 nitrogen and oxygen atoms in total. The van der Waals surface area contributed by atoms with E-state index in [0.717, 1.165) is 28.4 Å². The highest BCUT2D eigenvalue weighted by Gasteiger charge is 2.15. The summed E-state index contributed by atoms with van der Waals surface area (Å²) in [6.45, 7) is 5.97. The summed E-state index contributed by atoms with van der Waals surface area (Å²) in [5.41, 5.74) is 3.99. The van der Waals surface area contributed by atoms with Gasteiger partial charge in [-0.3, -0.25) is 9.69 Å². The largest absolute Gasteiger partial charge is 0.486 e. The first-order valence-electron chi connectivity index (χ1n) is 9.98. The van der Waals surface area contributed by atoms with E-state index < -0.39 is 0 Å². The average molecular weight is 406 g/mol. The second kappa shape index (κ2) is 8.59. The summed E-state index contributed by atoms with van der Waals surface area (Å²) in [5.74, 6) is 2.09. The van der Waals surface area contributed by atoms with Gasteiger partial charge in [0.1, 0.15) is 19.0 Å². The van der Waals surface area contributed by atoms with E-state index in [0.29, 0.717) is 25.6 Å². The van der Waals surface area contributed by atoms with E-state index >= 15 is 0 Å². The van der Waals surface area contributed by atoms with Crippen molar-refractivity contribution in [2.24, 2.45) is 0 Å². The number of rotatable bonds is 6. The maximum Gasteiger partial charge on any atom is 0.239 e. The van der Waals surface area contributed by atoms with E-state index in [-0.39, 0.29) is 12.5 Å². The molecule has 3 aromatic rings. The van der Waals surface area contributed by atoms with Crippen molar-refractivity contribution in [3.05, 3.63) is 65.4 Å². The van der Waals surface area contributed by atoms with Gasteiger partial charge in [0.2, 0.25) is 5.91 Å². The Morgan fingerprint density at radius 3 is 2.57 bits per heavy atom. The first-order chi connectivity index (χ1) is 14.5. The first kappa shape index (κ1) is 20.0. The summed E-state index contributed by atoms with van der Waals surface area (Å²) in [5, 5.41) is 7.50. The summed E-state index contributed by atoms with van der Waals surface area (Å²) >= 11 is 0. The zero-order valence-corrected chi connectivity index (χ0v) is 17.5. The molecule has 1 aromatic heterocycles. The van der Waals surface area contributed by atoms with Crippen LogP contribution in [0.2, 0.25) is 0 Å². The fourth-order valence-electron chi connectivity index (χ4n) is 3.45. The van der Waals surface area contributed by atoms with E-state index in [1.54, 1.807) is 4.68 Å². The summed E-state index contributed by atoms with van der Waals surface area (Å²) in [6, 6.07) is 15.8. The third kappa shape index (κ3) is 4.63. The van der Waals surface area contributed by atoms with Crippen molar-refractivity contribution in [3.63, 3.8) is 0 Å². The number of hydrogen-bond donors (Lipinski definition) is 1. The van der Waals surface area contributed by atoms with Crippen LogP contribution in [0, 0.1) is 13.8 Å². The molecular weight excluding hydrogens is 380 g/mol. The molecule has 1 N–H and O–H groups in total. The van der Waals surface area contributed by atoms with Crippen LogP contribution in [0.5, 0.6) is 11.5 Å². The maximum atomic E-state index is 12.7. The molecule has 0 radical (unpaired) electrons. The number of nitrogens with zero attached hydrogens (tertiary/aromatic N) is 3. The number of amides is 1. The Balaban J connectivity index is 1.39. The number of aromatic nitrogens is 2. The molecule has 7 heteroatoms. The van der Waals surface area contributed by atoms with Gasteiger partial charge in [0.15, 0.2) is 11.5 Å². The molecule has 0 fully saturated rings. The van der Waals surface area contributed by atoms with E-state index in [4.69, 9.17) is 9.47 Å². The molecular formula is C23H26N4O3. The van der Waals surface area contributed by atoms with E-state index in [1.165, 1.54) is 5.56 Å². The van der Waals surface area contributed by atoms with Gasteiger partial charge in [0.25, 0.3) is 0 Å². The molecule has 0 saturated carbocycles. The monoisotopic (exact) mass is 406 g/mol. The van der Waals surface area contributed by atoms with Crippen LogP contribution in [0.15, 0.2) is 48.5 Å². The van der Waals surface area contributed by atoms with E-state index in [9.17, 15) is 4.79 Å². The third-order valence-electron chi connectivity index (χ3n) is 4.85.